The third kappa shape index (κ3) is 4.22. The zero-order chi connectivity index (χ0) is 18.0. The van der Waals surface area contributed by atoms with Gasteiger partial charge in [-0.2, -0.15) is 5.10 Å². The molecule has 2 heterocycles. The van der Waals surface area contributed by atoms with Crippen LogP contribution in [0.2, 0.25) is 5.15 Å². The number of ether oxygens (including phenoxy) is 1. The maximum atomic E-state index is 11.6. The summed E-state index contributed by atoms with van der Waals surface area (Å²) in [5, 5.41) is 8.05. The van der Waals surface area contributed by atoms with Crippen molar-refractivity contribution in [3.63, 3.8) is 0 Å². The van der Waals surface area contributed by atoms with Gasteiger partial charge in [-0.1, -0.05) is 41.9 Å². The first-order valence-corrected chi connectivity index (χ1v) is 8.97. The Kier molecular flexibility index (Phi) is 5.45. The lowest BCUT2D eigenvalue weighted by atomic mass is 9.91. The third-order valence-corrected chi connectivity index (χ3v) is 5.08. The van der Waals surface area contributed by atoms with Gasteiger partial charge < -0.3 is 10.1 Å². The maximum absolute atomic E-state index is 11.6. The molecule has 0 aliphatic carbocycles. The zero-order valence-corrected chi connectivity index (χ0v) is 15.6. The number of carbonyl (C=O) groups is 1. The molecule has 0 spiro atoms. The van der Waals surface area contributed by atoms with Crippen LogP contribution < -0.4 is 5.32 Å². The van der Waals surface area contributed by atoms with Crippen LogP contribution in [0.1, 0.15) is 42.7 Å². The van der Waals surface area contributed by atoms with Crippen molar-refractivity contribution in [3.8, 4) is 0 Å². The maximum Gasteiger partial charge on any atom is 0.217 e. The van der Waals surface area contributed by atoms with E-state index in [1.54, 1.807) is 11.6 Å². The van der Waals surface area contributed by atoms with Gasteiger partial charge in [0.05, 0.1) is 17.9 Å². The smallest absolute Gasteiger partial charge is 0.217 e. The number of amides is 1. The Morgan fingerprint density at radius 2 is 2.08 bits per heavy atom. The average molecular weight is 362 g/mol. The molecule has 0 unspecified atom stereocenters. The molecule has 0 saturated carbocycles. The fraction of sp³-hybridized carbons (Fsp3) is 0.474. The quantitative estimate of drug-likeness (QED) is 0.908. The summed E-state index contributed by atoms with van der Waals surface area (Å²) in [6, 6.07) is 10.3. The van der Waals surface area contributed by atoms with Gasteiger partial charge in [-0.25, -0.2) is 0 Å². The standard InChI is InChI=1S/C19H24ClN3O2/c1-12-18(19(20)23(3)22-12)17-11-15(21-13(2)24)10-16(25-17)9-14-7-5-4-6-8-14/h4-8,15-17H,9-11H2,1-3H3,(H,21,24)/t15-,16+,17+/m1/s1. The summed E-state index contributed by atoms with van der Waals surface area (Å²) in [7, 11) is 1.83. The summed E-state index contributed by atoms with van der Waals surface area (Å²) in [5.74, 6) is -0.0156. The van der Waals surface area contributed by atoms with E-state index in [-0.39, 0.29) is 24.2 Å². The van der Waals surface area contributed by atoms with Gasteiger partial charge in [0.1, 0.15) is 5.15 Å². The van der Waals surface area contributed by atoms with Crippen LogP contribution in [0.3, 0.4) is 0 Å². The van der Waals surface area contributed by atoms with Crippen LogP contribution in [0.25, 0.3) is 0 Å². The highest BCUT2D eigenvalue weighted by Gasteiger charge is 2.34. The van der Waals surface area contributed by atoms with Crippen LogP contribution in [-0.2, 0) is 23.0 Å². The fourth-order valence-electron chi connectivity index (χ4n) is 3.63. The second-order valence-electron chi connectivity index (χ2n) is 6.72. The molecular weight excluding hydrogens is 338 g/mol. The lowest BCUT2D eigenvalue weighted by Gasteiger charge is -2.36. The number of aryl methyl sites for hydroxylation is 2. The highest BCUT2D eigenvalue weighted by atomic mass is 35.5. The van der Waals surface area contributed by atoms with E-state index in [9.17, 15) is 4.79 Å². The van der Waals surface area contributed by atoms with Gasteiger partial charge in [-0.15, -0.1) is 0 Å². The Morgan fingerprint density at radius 3 is 2.68 bits per heavy atom. The van der Waals surface area contributed by atoms with Crippen molar-refractivity contribution >= 4 is 17.5 Å². The Balaban J connectivity index is 1.83. The van der Waals surface area contributed by atoms with Gasteiger partial charge in [0.2, 0.25) is 5.91 Å². The lowest BCUT2D eigenvalue weighted by Crippen LogP contribution is -2.43. The average Bonchev–Trinajstić information content (AvgIpc) is 2.80. The van der Waals surface area contributed by atoms with Gasteiger partial charge in [0.15, 0.2) is 0 Å². The number of carbonyl (C=O) groups excluding carboxylic acids is 1. The van der Waals surface area contributed by atoms with Gasteiger partial charge in [0.25, 0.3) is 0 Å². The molecule has 5 nitrogen and oxygen atoms in total. The number of halogens is 1. The molecule has 1 amide bonds. The number of nitrogens with one attached hydrogen (secondary N) is 1. The minimum Gasteiger partial charge on any atom is -0.370 e. The van der Waals surface area contributed by atoms with Gasteiger partial charge in [-0.05, 0) is 31.7 Å². The van der Waals surface area contributed by atoms with E-state index in [1.165, 1.54) is 5.56 Å². The molecule has 1 aromatic heterocycles. The van der Waals surface area contributed by atoms with E-state index in [1.807, 2.05) is 32.2 Å². The predicted octanol–water partition coefficient (Wildman–Crippen LogP) is 3.35. The van der Waals surface area contributed by atoms with E-state index in [4.69, 9.17) is 16.3 Å². The molecule has 1 aliphatic heterocycles. The number of aromatic nitrogens is 2. The van der Waals surface area contributed by atoms with E-state index in [2.05, 4.69) is 22.5 Å². The van der Waals surface area contributed by atoms with E-state index < -0.39 is 0 Å². The van der Waals surface area contributed by atoms with E-state index in [0.29, 0.717) is 11.6 Å². The van der Waals surface area contributed by atoms with Crippen LogP contribution in [0, 0.1) is 6.92 Å². The monoisotopic (exact) mass is 361 g/mol. The molecule has 3 rings (SSSR count). The molecule has 0 bridgehead atoms. The van der Waals surface area contributed by atoms with Gasteiger partial charge >= 0.3 is 0 Å². The topological polar surface area (TPSA) is 56.1 Å². The Hall–Kier alpha value is -1.85. The van der Waals surface area contributed by atoms with Crippen LogP contribution in [0.4, 0.5) is 0 Å². The van der Waals surface area contributed by atoms with Crippen LogP contribution >= 0.6 is 11.6 Å². The Bertz CT molecular complexity index is 745. The van der Waals surface area contributed by atoms with Crippen LogP contribution in [-0.4, -0.2) is 27.8 Å². The van der Waals surface area contributed by atoms with Gasteiger partial charge in [0, 0.05) is 25.6 Å². The first-order valence-electron chi connectivity index (χ1n) is 8.59. The number of hydrogen-bond acceptors (Lipinski definition) is 3. The van der Waals surface area contributed by atoms with Crippen molar-refractivity contribution in [3.05, 3.63) is 52.3 Å². The molecule has 2 aromatic rings. The van der Waals surface area contributed by atoms with Crippen molar-refractivity contribution in [1.29, 1.82) is 0 Å². The summed E-state index contributed by atoms with van der Waals surface area (Å²) < 4.78 is 8.04. The summed E-state index contributed by atoms with van der Waals surface area (Å²) in [6.07, 6.45) is 2.16. The van der Waals surface area contributed by atoms with Gasteiger partial charge in [-0.3, -0.25) is 9.48 Å². The van der Waals surface area contributed by atoms with E-state index in [0.717, 1.165) is 24.1 Å². The van der Waals surface area contributed by atoms with E-state index >= 15 is 0 Å². The van der Waals surface area contributed by atoms with Crippen molar-refractivity contribution in [2.75, 3.05) is 0 Å². The summed E-state index contributed by atoms with van der Waals surface area (Å²) in [5.41, 5.74) is 3.03. The number of nitrogens with zero attached hydrogens (tertiary/aromatic N) is 2. The molecule has 1 saturated heterocycles. The Labute approximate surface area is 153 Å². The summed E-state index contributed by atoms with van der Waals surface area (Å²) in [6.45, 7) is 3.50. The number of hydrogen-bond donors (Lipinski definition) is 1. The second kappa shape index (κ2) is 7.58. The van der Waals surface area contributed by atoms with Crippen molar-refractivity contribution in [1.82, 2.24) is 15.1 Å². The fourth-order valence-corrected chi connectivity index (χ4v) is 3.92. The van der Waals surface area contributed by atoms with Crippen LogP contribution in [0.5, 0.6) is 0 Å². The number of benzene rings is 1. The molecule has 3 atom stereocenters. The Morgan fingerprint density at radius 1 is 1.36 bits per heavy atom. The molecule has 0 radical (unpaired) electrons. The molecule has 1 N–H and O–H groups in total. The SMILES string of the molecule is CC(=O)N[C@@H]1C[C@H](Cc2ccccc2)O[C@H](c2c(C)nn(C)c2Cl)C1. The number of rotatable bonds is 4. The van der Waals surface area contributed by atoms with Crippen molar-refractivity contribution < 1.29 is 9.53 Å². The summed E-state index contributed by atoms with van der Waals surface area (Å²) in [4.78, 5) is 11.6. The van der Waals surface area contributed by atoms with Crippen LogP contribution in [0.15, 0.2) is 30.3 Å². The molecule has 25 heavy (non-hydrogen) atoms. The molecule has 1 aromatic carbocycles. The van der Waals surface area contributed by atoms with Crippen molar-refractivity contribution in [2.24, 2.45) is 7.05 Å². The normalized spacial score (nSPS) is 23.4. The molecular formula is C19H24ClN3O2. The molecule has 1 aliphatic rings. The van der Waals surface area contributed by atoms with Crippen molar-refractivity contribution in [2.45, 2.75) is 51.4 Å². The lowest BCUT2D eigenvalue weighted by molar-refractivity contribution is -0.122. The highest BCUT2D eigenvalue weighted by molar-refractivity contribution is 6.30. The third-order valence-electron chi connectivity index (χ3n) is 4.63. The largest absolute Gasteiger partial charge is 0.370 e. The zero-order valence-electron chi connectivity index (χ0n) is 14.8. The first kappa shape index (κ1) is 18.0. The molecule has 134 valence electrons. The first-order chi connectivity index (χ1) is 11.9. The second-order valence-corrected chi connectivity index (χ2v) is 7.08. The molecule has 1 fully saturated rings. The molecule has 6 heteroatoms. The minimum absolute atomic E-state index is 0.0156. The minimum atomic E-state index is -0.166. The summed E-state index contributed by atoms with van der Waals surface area (Å²) >= 11 is 6.44. The predicted molar refractivity (Wildman–Crippen MR) is 97.6 cm³/mol. The highest BCUT2D eigenvalue weighted by Crippen LogP contribution is 2.37.